The summed E-state index contributed by atoms with van der Waals surface area (Å²) in [7, 11) is 0. The van der Waals surface area contributed by atoms with E-state index in [1.807, 2.05) is 18.2 Å². The third kappa shape index (κ3) is 3.65. The van der Waals surface area contributed by atoms with Gasteiger partial charge in [0.1, 0.15) is 0 Å². The molecule has 0 radical (unpaired) electrons. The average Bonchev–Trinajstić information content (AvgIpc) is 2.76. The van der Waals surface area contributed by atoms with Crippen molar-refractivity contribution in [1.82, 2.24) is 5.32 Å². The Morgan fingerprint density at radius 1 is 0.958 bits per heavy atom. The van der Waals surface area contributed by atoms with Gasteiger partial charge in [-0.1, -0.05) is 42.5 Å². The molecule has 24 heavy (non-hydrogen) atoms. The summed E-state index contributed by atoms with van der Waals surface area (Å²) >= 11 is 3.57. The molecule has 2 aromatic carbocycles. The van der Waals surface area contributed by atoms with Crippen molar-refractivity contribution in [1.29, 1.82) is 0 Å². The first-order valence-electron chi connectivity index (χ1n) is 8.13. The van der Waals surface area contributed by atoms with E-state index in [4.69, 9.17) is 0 Å². The van der Waals surface area contributed by atoms with E-state index in [-0.39, 0.29) is 16.9 Å². The Kier molecular flexibility index (Phi) is 4.97. The fourth-order valence-corrected chi connectivity index (χ4v) is 5.36. The second kappa shape index (κ2) is 6.85. The van der Waals surface area contributed by atoms with Crippen LogP contribution in [-0.4, -0.2) is 17.4 Å². The fourth-order valence-electron chi connectivity index (χ4n) is 2.70. The van der Waals surface area contributed by atoms with Gasteiger partial charge in [0.05, 0.1) is 11.0 Å². The summed E-state index contributed by atoms with van der Waals surface area (Å²) in [5, 5.41) is 3.27. The van der Waals surface area contributed by atoms with Gasteiger partial charge in [-0.05, 0) is 38.5 Å². The number of nitrogens with one attached hydrogen (secondary N) is 1. The Hall–Kier alpha value is -1.39. The number of amides is 1. The van der Waals surface area contributed by atoms with Gasteiger partial charge in [0.2, 0.25) is 5.91 Å². The molecule has 2 aromatic rings. The van der Waals surface area contributed by atoms with E-state index < -0.39 is 0 Å². The van der Waals surface area contributed by atoms with E-state index in [1.165, 1.54) is 9.79 Å². The Morgan fingerprint density at radius 2 is 1.46 bits per heavy atom. The van der Waals surface area contributed by atoms with Gasteiger partial charge in [0.15, 0.2) is 0 Å². The summed E-state index contributed by atoms with van der Waals surface area (Å²) < 4.78 is 0. The molecule has 0 bridgehead atoms. The van der Waals surface area contributed by atoms with Crippen LogP contribution < -0.4 is 5.32 Å². The molecular weight excluding hydrogens is 334 g/mol. The van der Waals surface area contributed by atoms with Crippen molar-refractivity contribution in [2.24, 2.45) is 5.41 Å². The van der Waals surface area contributed by atoms with Crippen molar-refractivity contribution in [2.75, 3.05) is 11.5 Å². The molecule has 0 aliphatic carbocycles. The van der Waals surface area contributed by atoms with E-state index in [0.717, 1.165) is 17.1 Å². The van der Waals surface area contributed by atoms with Gasteiger partial charge >= 0.3 is 0 Å². The zero-order valence-electron chi connectivity index (χ0n) is 14.3. The number of carbonyl (C=O) groups excluding carboxylic acids is 1. The van der Waals surface area contributed by atoms with Gasteiger partial charge in [-0.3, -0.25) is 4.79 Å². The summed E-state index contributed by atoms with van der Waals surface area (Å²) in [6.07, 6.45) is 0. The van der Waals surface area contributed by atoms with E-state index in [1.54, 1.807) is 23.5 Å². The molecule has 0 atom stereocenters. The van der Waals surface area contributed by atoms with Crippen molar-refractivity contribution >= 4 is 29.4 Å². The number of rotatable bonds is 3. The molecule has 0 saturated heterocycles. The lowest BCUT2D eigenvalue weighted by Gasteiger charge is -2.33. The van der Waals surface area contributed by atoms with E-state index in [9.17, 15) is 4.79 Å². The van der Waals surface area contributed by atoms with Gasteiger partial charge in [0, 0.05) is 21.3 Å². The number of hydrogen-bond acceptors (Lipinski definition) is 3. The Balaban J connectivity index is 1.75. The quantitative estimate of drug-likeness (QED) is 0.843. The Labute approximate surface area is 152 Å². The number of thioether (sulfide) groups is 2. The predicted octanol–water partition coefficient (Wildman–Crippen LogP) is 4.94. The van der Waals surface area contributed by atoms with Crippen molar-refractivity contribution < 1.29 is 4.79 Å². The molecule has 126 valence electrons. The lowest BCUT2D eigenvalue weighted by atomic mass is 9.89. The molecule has 1 aliphatic heterocycles. The van der Waals surface area contributed by atoms with Crippen molar-refractivity contribution in [2.45, 2.75) is 36.1 Å². The summed E-state index contributed by atoms with van der Waals surface area (Å²) in [5.74, 6) is 1.73. The number of fused-ring (bicyclic) bond motifs is 1. The van der Waals surface area contributed by atoms with Gasteiger partial charge in [0.25, 0.3) is 0 Å². The summed E-state index contributed by atoms with van der Waals surface area (Å²) in [6, 6.07) is 18.6. The zero-order valence-corrected chi connectivity index (χ0v) is 16.0. The molecule has 0 fully saturated rings. The molecule has 4 heteroatoms. The number of hydrogen-bond donors (Lipinski definition) is 1. The van der Waals surface area contributed by atoms with E-state index in [2.05, 4.69) is 62.5 Å². The first-order valence-corrected chi connectivity index (χ1v) is 10.1. The first kappa shape index (κ1) is 17.4. The van der Waals surface area contributed by atoms with Crippen molar-refractivity contribution in [3.63, 3.8) is 0 Å². The summed E-state index contributed by atoms with van der Waals surface area (Å²) in [5.41, 5.74) is 0.357. The molecule has 0 unspecified atom stereocenters. The van der Waals surface area contributed by atoms with Gasteiger partial charge in [-0.2, -0.15) is 0 Å². The predicted molar refractivity (Wildman–Crippen MR) is 104 cm³/mol. The molecule has 1 amide bonds. The molecule has 1 aliphatic rings. The van der Waals surface area contributed by atoms with E-state index in [0.29, 0.717) is 0 Å². The molecule has 0 saturated carbocycles. The van der Waals surface area contributed by atoms with Crippen LogP contribution in [0.4, 0.5) is 0 Å². The van der Waals surface area contributed by atoms with Gasteiger partial charge in [-0.25, -0.2) is 0 Å². The van der Waals surface area contributed by atoms with Crippen LogP contribution in [0.15, 0.2) is 64.4 Å². The van der Waals surface area contributed by atoms with Crippen LogP contribution in [0.5, 0.6) is 0 Å². The highest BCUT2D eigenvalue weighted by atomic mass is 32.2. The molecular formula is C20H23NOS2. The highest BCUT2D eigenvalue weighted by molar-refractivity contribution is 8.03. The zero-order chi connectivity index (χ0) is 17.2. The average molecular weight is 358 g/mol. The van der Waals surface area contributed by atoms with Crippen LogP contribution in [0.3, 0.4) is 0 Å². The van der Waals surface area contributed by atoms with E-state index >= 15 is 0 Å². The minimum Gasteiger partial charge on any atom is -0.347 e. The largest absolute Gasteiger partial charge is 0.347 e. The molecule has 0 spiro atoms. The maximum Gasteiger partial charge on any atom is 0.228 e. The topological polar surface area (TPSA) is 29.1 Å². The standard InChI is InChI=1S/C20H23NOS2/c1-19(2,15-9-5-4-6-10-15)21-18(22)20(3)13-23-16-11-7-8-12-17(16)24-14-20/h4-12H,13-14H2,1-3H3,(H,21,22). The van der Waals surface area contributed by atoms with Crippen molar-refractivity contribution in [3.8, 4) is 0 Å². The van der Waals surface area contributed by atoms with Crippen LogP contribution in [-0.2, 0) is 10.3 Å². The highest BCUT2D eigenvalue weighted by Crippen LogP contribution is 2.42. The number of benzene rings is 2. The summed E-state index contributed by atoms with van der Waals surface area (Å²) in [6.45, 7) is 6.21. The lowest BCUT2D eigenvalue weighted by molar-refractivity contribution is -0.129. The Morgan fingerprint density at radius 3 is 2.00 bits per heavy atom. The van der Waals surface area contributed by atoms with Crippen LogP contribution in [0.1, 0.15) is 26.3 Å². The first-order chi connectivity index (χ1) is 11.4. The van der Waals surface area contributed by atoms with Crippen LogP contribution >= 0.6 is 23.5 Å². The minimum absolute atomic E-state index is 0.129. The molecule has 3 rings (SSSR count). The lowest BCUT2D eigenvalue weighted by Crippen LogP contribution is -2.49. The summed E-state index contributed by atoms with van der Waals surface area (Å²) in [4.78, 5) is 15.6. The third-order valence-electron chi connectivity index (χ3n) is 4.41. The normalized spacial score (nSPS) is 16.8. The highest BCUT2D eigenvalue weighted by Gasteiger charge is 2.38. The maximum absolute atomic E-state index is 13.1. The van der Waals surface area contributed by atoms with Crippen molar-refractivity contribution in [3.05, 3.63) is 60.2 Å². The fraction of sp³-hybridized carbons (Fsp3) is 0.350. The molecule has 2 nitrogen and oxygen atoms in total. The second-order valence-corrected chi connectivity index (χ2v) is 9.06. The van der Waals surface area contributed by atoms with Crippen LogP contribution in [0.2, 0.25) is 0 Å². The number of carbonyl (C=O) groups is 1. The third-order valence-corrected chi connectivity index (χ3v) is 7.44. The molecule has 1 N–H and O–H groups in total. The minimum atomic E-state index is -0.388. The monoisotopic (exact) mass is 357 g/mol. The Bertz CT molecular complexity index is 700. The van der Waals surface area contributed by atoms with Crippen LogP contribution in [0.25, 0.3) is 0 Å². The van der Waals surface area contributed by atoms with Crippen LogP contribution in [0, 0.1) is 5.41 Å². The van der Waals surface area contributed by atoms with Gasteiger partial charge in [-0.15, -0.1) is 23.5 Å². The SMILES string of the molecule is CC1(C(=O)NC(C)(C)c2ccccc2)CSc2ccccc2SC1. The molecule has 0 aromatic heterocycles. The molecule has 1 heterocycles. The smallest absolute Gasteiger partial charge is 0.228 e. The maximum atomic E-state index is 13.1. The van der Waals surface area contributed by atoms with Gasteiger partial charge < -0.3 is 5.32 Å². The second-order valence-electron chi connectivity index (χ2n) is 7.03.